The SMILES string of the molecule is CCNC(=O)CNc1nc(Cl)c(C(=O)OC)s1. The summed E-state index contributed by atoms with van der Waals surface area (Å²) in [6.07, 6.45) is 0. The lowest BCUT2D eigenvalue weighted by Crippen LogP contribution is -2.29. The van der Waals surface area contributed by atoms with E-state index in [-0.39, 0.29) is 22.5 Å². The Morgan fingerprint density at radius 2 is 2.24 bits per heavy atom. The van der Waals surface area contributed by atoms with Crippen LogP contribution in [0, 0.1) is 0 Å². The van der Waals surface area contributed by atoms with E-state index in [1.54, 1.807) is 0 Å². The summed E-state index contributed by atoms with van der Waals surface area (Å²) in [6.45, 7) is 2.47. The molecule has 0 atom stereocenters. The number of esters is 1. The summed E-state index contributed by atoms with van der Waals surface area (Å²) < 4.78 is 4.53. The maximum Gasteiger partial charge on any atom is 0.351 e. The smallest absolute Gasteiger partial charge is 0.351 e. The highest BCUT2D eigenvalue weighted by Crippen LogP contribution is 2.27. The Bertz CT molecular complexity index is 422. The van der Waals surface area contributed by atoms with E-state index in [2.05, 4.69) is 20.4 Å². The topological polar surface area (TPSA) is 80.3 Å². The molecule has 0 spiro atoms. The maximum absolute atomic E-state index is 11.2. The van der Waals surface area contributed by atoms with Gasteiger partial charge in [-0.3, -0.25) is 4.79 Å². The van der Waals surface area contributed by atoms with Crippen molar-refractivity contribution in [3.8, 4) is 0 Å². The fraction of sp³-hybridized carbons (Fsp3) is 0.444. The third kappa shape index (κ3) is 3.86. The number of carbonyl (C=O) groups excluding carboxylic acids is 2. The van der Waals surface area contributed by atoms with Crippen LogP contribution in [0.5, 0.6) is 0 Å². The van der Waals surface area contributed by atoms with Gasteiger partial charge in [0.25, 0.3) is 0 Å². The summed E-state index contributed by atoms with van der Waals surface area (Å²) in [5.41, 5.74) is 0. The standard InChI is InChI=1S/C9H12ClN3O3S/c1-3-11-5(14)4-12-9-13-7(10)6(17-9)8(15)16-2/h3-4H2,1-2H3,(H,11,14)(H,12,13). The van der Waals surface area contributed by atoms with Crippen LogP contribution in [0.1, 0.15) is 16.6 Å². The van der Waals surface area contributed by atoms with Crippen molar-refractivity contribution in [1.29, 1.82) is 0 Å². The molecule has 0 unspecified atom stereocenters. The van der Waals surface area contributed by atoms with E-state index in [9.17, 15) is 9.59 Å². The number of nitrogens with one attached hydrogen (secondary N) is 2. The lowest BCUT2D eigenvalue weighted by atomic mass is 10.5. The number of hydrogen-bond acceptors (Lipinski definition) is 6. The van der Waals surface area contributed by atoms with Gasteiger partial charge in [0.15, 0.2) is 15.2 Å². The molecule has 0 aliphatic heterocycles. The van der Waals surface area contributed by atoms with E-state index in [0.717, 1.165) is 11.3 Å². The molecular formula is C9H12ClN3O3S. The first-order chi connectivity index (χ1) is 8.08. The van der Waals surface area contributed by atoms with Crippen LogP contribution in [0.3, 0.4) is 0 Å². The fourth-order valence-corrected chi connectivity index (χ4v) is 2.11. The number of carbonyl (C=O) groups is 2. The van der Waals surface area contributed by atoms with Gasteiger partial charge in [-0.05, 0) is 6.92 Å². The lowest BCUT2D eigenvalue weighted by Gasteiger charge is -2.01. The van der Waals surface area contributed by atoms with Crippen LogP contribution in [0.4, 0.5) is 5.13 Å². The molecule has 1 amide bonds. The minimum Gasteiger partial charge on any atom is -0.465 e. The second-order valence-corrected chi connectivity index (χ2v) is 4.29. The zero-order valence-corrected chi connectivity index (χ0v) is 10.9. The molecule has 0 aliphatic rings. The van der Waals surface area contributed by atoms with Crippen LogP contribution >= 0.6 is 22.9 Å². The zero-order chi connectivity index (χ0) is 12.8. The Morgan fingerprint density at radius 3 is 2.82 bits per heavy atom. The Kier molecular flexibility index (Phi) is 5.17. The quantitative estimate of drug-likeness (QED) is 0.789. The molecule has 0 aliphatic carbocycles. The Morgan fingerprint density at radius 1 is 1.53 bits per heavy atom. The summed E-state index contributed by atoms with van der Waals surface area (Å²) >= 11 is 6.80. The largest absolute Gasteiger partial charge is 0.465 e. The highest BCUT2D eigenvalue weighted by atomic mass is 35.5. The van der Waals surface area contributed by atoms with Crippen molar-refractivity contribution in [1.82, 2.24) is 10.3 Å². The van der Waals surface area contributed by atoms with Crippen molar-refractivity contribution >= 4 is 39.9 Å². The molecule has 0 aromatic carbocycles. The third-order valence-electron chi connectivity index (χ3n) is 1.73. The van der Waals surface area contributed by atoms with Gasteiger partial charge in [0, 0.05) is 6.54 Å². The van der Waals surface area contributed by atoms with Crippen molar-refractivity contribution in [2.75, 3.05) is 25.5 Å². The van der Waals surface area contributed by atoms with E-state index in [1.807, 2.05) is 6.92 Å². The van der Waals surface area contributed by atoms with E-state index < -0.39 is 5.97 Å². The Labute approximate surface area is 107 Å². The second kappa shape index (κ2) is 6.41. The van der Waals surface area contributed by atoms with Gasteiger partial charge in [0.2, 0.25) is 5.91 Å². The van der Waals surface area contributed by atoms with E-state index in [4.69, 9.17) is 11.6 Å². The monoisotopic (exact) mass is 277 g/mol. The molecular weight excluding hydrogens is 266 g/mol. The summed E-state index contributed by atoms with van der Waals surface area (Å²) in [6, 6.07) is 0. The number of ether oxygens (including phenoxy) is 1. The number of likely N-dealkylation sites (N-methyl/N-ethyl adjacent to an activating group) is 1. The number of methoxy groups -OCH3 is 1. The average Bonchev–Trinajstić information content (AvgIpc) is 2.67. The van der Waals surface area contributed by atoms with Crippen LogP contribution in [-0.2, 0) is 9.53 Å². The van der Waals surface area contributed by atoms with Gasteiger partial charge in [-0.1, -0.05) is 22.9 Å². The maximum atomic E-state index is 11.2. The second-order valence-electron chi connectivity index (χ2n) is 2.94. The average molecular weight is 278 g/mol. The molecule has 6 nitrogen and oxygen atoms in total. The van der Waals surface area contributed by atoms with Crippen molar-refractivity contribution < 1.29 is 14.3 Å². The van der Waals surface area contributed by atoms with E-state index >= 15 is 0 Å². The molecule has 8 heteroatoms. The molecule has 0 bridgehead atoms. The van der Waals surface area contributed by atoms with Crippen molar-refractivity contribution in [2.45, 2.75) is 6.92 Å². The molecule has 1 aromatic heterocycles. The molecule has 1 heterocycles. The molecule has 0 saturated carbocycles. The molecule has 0 radical (unpaired) electrons. The number of aromatic nitrogens is 1. The van der Waals surface area contributed by atoms with Gasteiger partial charge in [-0.2, -0.15) is 0 Å². The molecule has 1 rings (SSSR count). The number of thiazole rings is 1. The minimum atomic E-state index is -0.543. The molecule has 1 aromatic rings. The highest BCUT2D eigenvalue weighted by molar-refractivity contribution is 7.18. The van der Waals surface area contributed by atoms with Crippen molar-refractivity contribution in [3.63, 3.8) is 0 Å². The molecule has 94 valence electrons. The number of anilines is 1. The number of rotatable bonds is 5. The summed E-state index contributed by atoms with van der Waals surface area (Å²) in [7, 11) is 1.26. The first kappa shape index (κ1) is 13.7. The van der Waals surface area contributed by atoms with Gasteiger partial charge in [-0.15, -0.1) is 0 Å². The zero-order valence-electron chi connectivity index (χ0n) is 9.37. The van der Waals surface area contributed by atoms with Gasteiger partial charge in [0.1, 0.15) is 0 Å². The minimum absolute atomic E-state index is 0.0697. The predicted molar refractivity (Wildman–Crippen MR) is 65.6 cm³/mol. The number of amides is 1. The van der Waals surface area contributed by atoms with Crippen LogP contribution in [0.15, 0.2) is 0 Å². The molecule has 17 heavy (non-hydrogen) atoms. The fourth-order valence-electron chi connectivity index (χ4n) is 1.01. The Balaban J connectivity index is 2.61. The lowest BCUT2D eigenvalue weighted by molar-refractivity contribution is -0.119. The Hall–Kier alpha value is -1.34. The third-order valence-corrected chi connectivity index (χ3v) is 3.11. The summed E-state index contributed by atoms with van der Waals surface area (Å²) in [4.78, 5) is 26.5. The predicted octanol–water partition coefficient (Wildman–Crippen LogP) is 1.13. The molecule has 2 N–H and O–H groups in total. The number of nitrogens with zero attached hydrogens (tertiary/aromatic N) is 1. The number of hydrogen-bond donors (Lipinski definition) is 2. The van der Waals surface area contributed by atoms with E-state index in [0.29, 0.717) is 11.7 Å². The first-order valence-electron chi connectivity index (χ1n) is 4.83. The van der Waals surface area contributed by atoms with Gasteiger partial charge in [0.05, 0.1) is 13.7 Å². The van der Waals surface area contributed by atoms with Gasteiger partial charge in [-0.25, -0.2) is 9.78 Å². The summed E-state index contributed by atoms with van der Waals surface area (Å²) in [5.74, 6) is -0.697. The number of halogens is 1. The van der Waals surface area contributed by atoms with Crippen molar-refractivity contribution in [2.24, 2.45) is 0 Å². The van der Waals surface area contributed by atoms with Gasteiger partial charge >= 0.3 is 5.97 Å². The van der Waals surface area contributed by atoms with Crippen LogP contribution < -0.4 is 10.6 Å². The van der Waals surface area contributed by atoms with Gasteiger partial charge < -0.3 is 15.4 Å². The summed E-state index contributed by atoms with van der Waals surface area (Å²) in [5, 5.41) is 5.87. The van der Waals surface area contributed by atoms with Crippen LogP contribution in [0.2, 0.25) is 5.15 Å². The van der Waals surface area contributed by atoms with Crippen LogP contribution in [0.25, 0.3) is 0 Å². The molecule has 0 saturated heterocycles. The normalized spacial score (nSPS) is 9.82. The molecule has 0 fully saturated rings. The van der Waals surface area contributed by atoms with E-state index in [1.165, 1.54) is 7.11 Å². The van der Waals surface area contributed by atoms with Crippen LogP contribution in [-0.4, -0.2) is 37.1 Å². The van der Waals surface area contributed by atoms with Crippen molar-refractivity contribution in [3.05, 3.63) is 10.0 Å². The highest BCUT2D eigenvalue weighted by Gasteiger charge is 2.17. The first-order valence-corrected chi connectivity index (χ1v) is 6.03.